The molecule has 2 bridgehead atoms. The fraction of sp³-hybridized carbons (Fsp3) is 0.405. The van der Waals surface area contributed by atoms with E-state index < -0.39 is 29.3 Å². The van der Waals surface area contributed by atoms with Gasteiger partial charge in [-0.1, -0.05) is 26.5 Å². The molecule has 0 radical (unpaired) electrons. The Balaban J connectivity index is 1.71. The number of halogens is 2. The van der Waals surface area contributed by atoms with Crippen LogP contribution in [0.2, 0.25) is 0 Å². The predicted octanol–water partition coefficient (Wildman–Crippen LogP) is 4.87. The molecule has 1 saturated heterocycles. The number of piperazine rings is 1. The van der Waals surface area contributed by atoms with Gasteiger partial charge in [-0.2, -0.15) is 4.98 Å². The van der Waals surface area contributed by atoms with E-state index >= 15 is 8.78 Å². The van der Waals surface area contributed by atoms with Gasteiger partial charge in [0.1, 0.15) is 17.3 Å². The molecule has 0 spiro atoms. The van der Waals surface area contributed by atoms with Crippen molar-refractivity contribution in [3.05, 3.63) is 82.6 Å². The van der Waals surface area contributed by atoms with Crippen molar-refractivity contribution in [2.45, 2.75) is 77.9 Å². The van der Waals surface area contributed by atoms with Crippen LogP contribution in [0, 0.1) is 11.6 Å². The minimum atomic E-state index is -0.901. The minimum absolute atomic E-state index is 0.0653. The monoisotopic (exact) mass is 684 g/mol. The number of aryl methyl sites for hydroxylation is 1. The molecule has 4 aromatic rings. The molecule has 11 nitrogen and oxygen atoms in total. The van der Waals surface area contributed by atoms with E-state index in [-0.39, 0.29) is 64.2 Å². The quantitative estimate of drug-likeness (QED) is 0.302. The van der Waals surface area contributed by atoms with Gasteiger partial charge in [-0.15, -0.1) is 0 Å². The van der Waals surface area contributed by atoms with Crippen LogP contribution in [0.4, 0.5) is 20.3 Å². The molecule has 2 aliphatic heterocycles. The SMILES string of the molecule is C=CC(=O)N1C[C@H](C)N(c2nc(=O)n3c4nc(c(F)cc24)-c2c(F)cccc2N(C(=O)C(C)N)CCCCc2ccnc(C(C)C)c2-3)C[C@H]1C. The number of hydrogen-bond acceptors (Lipinski definition) is 8. The lowest BCUT2D eigenvalue weighted by molar-refractivity contribution is -0.128. The molecule has 0 saturated carbocycles. The summed E-state index contributed by atoms with van der Waals surface area (Å²) in [6.07, 6.45) is 4.60. The van der Waals surface area contributed by atoms with E-state index in [1.807, 2.05) is 38.7 Å². The largest absolute Gasteiger partial charge is 0.355 e. The van der Waals surface area contributed by atoms with Crippen LogP contribution in [0.1, 0.15) is 64.6 Å². The summed E-state index contributed by atoms with van der Waals surface area (Å²) in [6.45, 7) is 13.7. The first-order chi connectivity index (χ1) is 23.8. The van der Waals surface area contributed by atoms with Crippen molar-refractivity contribution in [2.24, 2.45) is 5.73 Å². The van der Waals surface area contributed by atoms with E-state index in [9.17, 15) is 14.4 Å². The Bertz CT molecular complexity index is 2060. The highest BCUT2D eigenvalue weighted by atomic mass is 19.1. The average Bonchev–Trinajstić information content (AvgIpc) is 3.09. The maximum absolute atomic E-state index is 16.7. The Kier molecular flexibility index (Phi) is 9.54. The van der Waals surface area contributed by atoms with Gasteiger partial charge in [-0.25, -0.2) is 23.1 Å². The normalized spacial score (nSPS) is 18.6. The first-order valence-corrected chi connectivity index (χ1v) is 17.0. The molecule has 0 aliphatic carbocycles. The molecular weight excluding hydrogens is 642 g/mol. The number of aromatic nitrogens is 4. The van der Waals surface area contributed by atoms with Crippen LogP contribution in [0.15, 0.2) is 54.0 Å². The first-order valence-electron chi connectivity index (χ1n) is 17.0. The lowest BCUT2D eigenvalue weighted by atomic mass is 10.00. The van der Waals surface area contributed by atoms with Crippen LogP contribution in [-0.2, 0) is 16.0 Å². The average molecular weight is 685 g/mol. The molecule has 3 atom stereocenters. The second kappa shape index (κ2) is 13.7. The van der Waals surface area contributed by atoms with Crippen LogP contribution in [0.3, 0.4) is 0 Å². The van der Waals surface area contributed by atoms with Crippen molar-refractivity contribution < 1.29 is 18.4 Å². The van der Waals surface area contributed by atoms with E-state index in [1.54, 1.807) is 24.1 Å². The van der Waals surface area contributed by atoms with E-state index in [2.05, 4.69) is 16.5 Å². The number of nitrogens with two attached hydrogens (primary N) is 1. The van der Waals surface area contributed by atoms with Crippen LogP contribution >= 0.6 is 0 Å². The highest BCUT2D eigenvalue weighted by Gasteiger charge is 2.35. The summed E-state index contributed by atoms with van der Waals surface area (Å²) in [4.78, 5) is 59.6. The maximum atomic E-state index is 16.7. The number of hydrogen-bond donors (Lipinski definition) is 1. The van der Waals surface area contributed by atoms with Gasteiger partial charge in [0, 0.05) is 37.9 Å². The molecule has 13 heteroatoms. The molecular formula is C37H42F2N8O3. The Hall–Kier alpha value is -5.04. The van der Waals surface area contributed by atoms with Gasteiger partial charge in [-0.3, -0.25) is 14.6 Å². The highest BCUT2D eigenvalue weighted by Crippen LogP contribution is 2.39. The van der Waals surface area contributed by atoms with Gasteiger partial charge < -0.3 is 20.4 Å². The molecule has 3 aromatic heterocycles. The Morgan fingerprint density at radius 2 is 1.80 bits per heavy atom. The topological polar surface area (TPSA) is 131 Å². The van der Waals surface area contributed by atoms with Crippen molar-refractivity contribution in [3.63, 3.8) is 0 Å². The second-order valence-electron chi connectivity index (χ2n) is 13.5. The molecule has 6 rings (SSSR count). The molecule has 2 N–H and O–H groups in total. The van der Waals surface area contributed by atoms with Gasteiger partial charge in [-0.05, 0) is 81.9 Å². The molecule has 2 amide bonds. The molecule has 1 fully saturated rings. The number of amides is 2. The van der Waals surface area contributed by atoms with Gasteiger partial charge >= 0.3 is 5.69 Å². The number of carbonyl (C=O) groups excluding carboxylic acids is 2. The number of carbonyl (C=O) groups is 2. The summed E-state index contributed by atoms with van der Waals surface area (Å²) < 4.78 is 34.1. The van der Waals surface area contributed by atoms with E-state index in [4.69, 9.17) is 10.7 Å². The molecule has 2 aliphatic rings. The lowest BCUT2D eigenvalue weighted by Gasteiger charge is -2.44. The number of pyridine rings is 2. The van der Waals surface area contributed by atoms with E-state index in [0.717, 1.165) is 5.56 Å². The van der Waals surface area contributed by atoms with E-state index in [0.29, 0.717) is 43.7 Å². The summed E-state index contributed by atoms with van der Waals surface area (Å²) >= 11 is 0. The fourth-order valence-corrected chi connectivity index (χ4v) is 7.09. The van der Waals surface area contributed by atoms with Crippen LogP contribution < -0.4 is 21.2 Å². The number of anilines is 2. The smallest absolute Gasteiger partial charge is 0.349 e. The van der Waals surface area contributed by atoms with Crippen LogP contribution in [0.5, 0.6) is 0 Å². The Morgan fingerprint density at radius 3 is 2.50 bits per heavy atom. The van der Waals surface area contributed by atoms with Crippen LogP contribution in [-0.4, -0.2) is 74.0 Å². The molecule has 1 aromatic carbocycles. The summed E-state index contributed by atoms with van der Waals surface area (Å²) in [6, 6.07) is 5.78. The number of nitrogens with zero attached hydrogens (tertiary/aromatic N) is 7. The summed E-state index contributed by atoms with van der Waals surface area (Å²) in [5.41, 5.74) is 6.95. The Labute approximate surface area is 289 Å². The van der Waals surface area contributed by atoms with Crippen LogP contribution in [0.25, 0.3) is 28.0 Å². The van der Waals surface area contributed by atoms with Gasteiger partial charge in [0.25, 0.3) is 0 Å². The number of benzene rings is 1. The fourth-order valence-electron chi connectivity index (χ4n) is 7.09. The van der Waals surface area contributed by atoms with Gasteiger partial charge in [0.15, 0.2) is 11.5 Å². The third-order valence-corrected chi connectivity index (χ3v) is 9.58. The standard InChI is InChI=1S/C37H42F2N8O3/c1-7-29(48)45-18-22(5)46(19-21(45)4)34-25-17-27(39)32-30-26(38)12-10-13-28(30)44(36(49)23(6)40)16-9-8-11-24-14-15-41-31(20(2)3)33(24)47(35(25)42-32)37(50)43-34/h7,10,12-15,17,20-23H,1,8-9,11,16,18-19,40H2,2-6H3/t21-,22+,23?/m1/s1. The maximum Gasteiger partial charge on any atom is 0.355 e. The van der Waals surface area contributed by atoms with E-state index in [1.165, 1.54) is 33.7 Å². The van der Waals surface area contributed by atoms with Crippen molar-refractivity contribution in [1.29, 1.82) is 0 Å². The molecule has 5 heterocycles. The minimum Gasteiger partial charge on any atom is -0.349 e. The molecule has 262 valence electrons. The second-order valence-corrected chi connectivity index (χ2v) is 13.5. The van der Waals surface area contributed by atoms with Crippen molar-refractivity contribution in [3.8, 4) is 16.9 Å². The number of fused-ring (bicyclic) bond motifs is 5. The van der Waals surface area contributed by atoms with Crippen molar-refractivity contribution in [1.82, 2.24) is 24.4 Å². The zero-order chi connectivity index (χ0) is 36.0. The zero-order valence-corrected chi connectivity index (χ0v) is 29.0. The van der Waals surface area contributed by atoms with Gasteiger partial charge in [0.2, 0.25) is 11.8 Å². The predicted molar refractivity (Wildman–Crippen MR) is 189 cm³/mol. The lowest BCUT2D eigenvalue weighted by Crippen LogP contribution is -2.58. The first kappa shape index (κ1) is 34.8. The third-order valence-electron chi connectivity index (χ3n) is 9.58. The molecule has 50 heavy (non-hydrogen) atoms. The zero-order valence-electron chi connectivity index (χ0n) is 29.0. The molecule has 1 unspecified atom stereocenters. The summed E-state index contributed by atoms with van der Waals surface area (Å²) in [5.74, 6) is -2.22. The Morgan fingerprint density at radius 1 is 1.04 bits per heavy atom. The highest BCUT2D eigenvalue weighted by molar-refractivity contribution is 6.01. The summed E-state index contributed by atoms with van der Waals surface area (Å²) in [7, 11) is 0. The van der Waals surface area contributed by atoms with Crippen molar-refractivity contribution >= 4 is 34.4 Å². The number of rotatable bonds is 4. The third kappa shape index (κ3) is 6.03. The van der Waals surface area contributed by atoms with Gasteiger partial charge in [0.05, 0.1) is 34.1 Å². The summed E-state index contributed by atoms with van der Waals surface area (Å²) in [5, 5.41) is 0.231. The van der Waals surface area contributed by atoms with Crippen molar-refractivity contribution in [2.75, 3.05) is 29.4 Å².